The highest BCUT2D eigenvalue weighted by molar-refractivity contribution is 5.83. The van der Waals surface area contributed by atoms with Crippen LogP contribution in [0.1, 0.15) is 19.8 Å². The number of nitrogens with one attached hydrogen (secondary N) is 1. The van der Waals surface area contributed by atoms with Crippen molar-refractivity contribution >= 4 is 11.9 Å². The number of hydrogen-bond acceptors (Lipinski definition) is 3. The van der Waals surface area contributed by atoms with Crippen LogP contribution in [0.4, 0.5) is 0 Å². The minimum atomic E-state index is -1.00. The van der Waals surface area contributed by atoms with Crippen molar-refractivity contribution in [3.8, 4) is 0 Å². The lowest BCUT2D eigenvalue weighted by molar-refractivity contribution is -0.141. The molecule has 0 aliphatic heterocycles. The molecule has 0 unspecified atom stereocenters. The Morgan fingerprint density at radius 1 is 1.56 bits per heavy atom. The summed E-state index contributed by atoms with van der Waals surface area (Å²) in [5.74, 6) is -1.28. The molecule has 0 aromatic carbocycles. The van der Waals surface area contributed by atoms with Gasteiger partial charge in [-0.25, -0.2) is 4.79 Å². The van der Waals surface area contributed by atoms with Crippen LogP contribution in [-0.4, -0.2) is 32.8 Å². The van der Waals surface area contributed by atoms with Crippen molar-refractivity contribution in [1.29, 1.82) is 0 Å². The molecule has 6 heteroatoms. The zero-order valence-electron chi connectivity index (χ0n) is 9.09. The third kappa shape index (κ3) is 3.72. The lowest BCUT2D eigenvalue weighted by Gasteiger charge is -2.11. The molecular formula is C10H15N3O3. The van der Waals surface area contributed by atoms with Gasteiger partial charge in [-0.1, -0.05) is 6.92 Å². The molecule has 0 spiro atoms. The highest BCUT2D eigenvalue weighted by Gasteiger charge is 2.16. The minimum Gasteiger partial charge on any atom is -0.480 e. The number of carboxylic acids is 1. The van der Waals surface area contributed by atoms with Crippen molar-refractivity contribution in [3.05, 3.63) is 18.5 Å². The largest absolute Gasteiger partial charge is 0.480 e. The lowest BCUT2D eigenvalue weighted by Crippen LogP contribution is -2.40. The molecule has 1 aromatic rings. The van der Waals surface area contributed by atoms with Gasteiger partial charge in [0.05, 0.1) is 0 Å². The highest BCUT2D eigenvalue weighted by atomic mass is 16.4. The molecule has 1 atom stereocenters. The van der Waals surface area contributed by atoms with Crippen LogP contribution in [0.5, 0.6) is 0 Å². The van der Waals surface area contributed by atoms with Gasteiger partial charge in [-0.05, 0) is 12.5 Å². The number of aryl methyl sites for hydroxylation is 1. The Kier molecular flexibility index (Phi) is 4.50. The molecule has 6 nitrogen and oxygen atoms in total. The fourth-order valence-corrected chi connectivity index (χ4v) is 1.25. The van der Waals surface area contributed by atoms with Crippen molar-refractivity contribution in [2.45, 2.75) is 32.4 Å². The molecule has 2 N–H and O–H groups in total. The molecular weight excluding hydrogens is 210 g/mol. The van der Waals surface area contributed by atoms with Gasteiger partial charge in [0.2, 0.25) is 5.91 Å². The Morgan fingerprint density at radius 2 is 2.31 bits per heavy atom. The van der Waals surface area contributed by atoms with Gasteiger partial charge in [-0.3, -0.25) is 9.48 Å². The molecule has 0 saturated heterocycles. The Morgan fingerprint density at radius 3 is 2.81 bits per heavy atom. The Balaban J connectivity index is 2.33. The maximum atomic E-state index is 11.4. The molecule has 88 valence electrons. The van der Waals surface area contributed by atoms with E-state index in [1.807, 2.05) is 0 Å². The molecule has 0 radical (unpaired) electrons. The number of aromatic nitrogens is 2. The zero-order chi connectivity index (χ0) is 12.0. The molecule has 1 rings (SSSR count). The van der Waals surface area contributed by atoms with Crippen molar-refractivity contribution in [3.63, 3.8) is 0 Å². The predicted octanol–water partition coefficient (Wildman–Crippen LogP) is 0.253. The van der Waals surface area contributed by atoms with E-state index in [0.29, 0.717) is 13.0 Å². The number of amides is 1. The first-order valence-electron chi connectivity index (χ1n) is 5.13. The molecule has 1 aromatic heterocycles. The second kappa shape index (κ2) is 5.89. The second-order valence-corrected chi connectivity index (χ2v) is 3.39. The molecule has 1 amide bonds. The number of carbonyl (C=O) groups is 2. The first-order valence-corrected chi connectivity index (χ1v) is 5.13. The summed E-state index contributed by atoms with van der Waals surface area (Å²) >= 11 is 0. The number of rotatable bonds is 6. The van der Waals surface area contributed by atoms with Crippen LogP contribution in [0.25, 0.3) is 0 Å². The van der Waals surface area contributed by atoms with Crippen LogP contribution in [0, 0.1) is 0 Å². The number of nitrogens with zero attached hydrogens (tertiary/aromatic N) is 2. The van der Waals surface area contributed by atoms with Gasteiger partial charge in [0, 0.05) is 25.4 Å². The van der Waals surface area contributed by atoms with Gasteiger partial charge in [0.25, 0.3) is 0 Å². The average molecular weight is 225 g/mol. The van der Waals surface area contributed by atoms with Gasteiger partial charge in [-0.15, -0.1) is 0 Å². The highest BCUT2D eigenvalue weighted by Crippen LogP contribution is 1.94. The van der Waals surface area contributed by atoms with Crippen LogP contribution in [0.15, 0.2) is 18.5 Å². The summed E-state index contributed by atoms with van der Waals surface area (Å²) in [5.41, 5.74) is 0. The van der Waals surface area contributed by atoms with Crippen molar-refractivity contribution in [2.24, 2.45) is 0 Å². The Hall–Kier alpha value is -1.85. The summed E-state index contributed by atoms with van der Waals surface area (Å²) in [5, 5.41) is 15.1. The van der Waals surface area contributed by atoms with Crippen LogP contribution >= 0.6 is 0 Å². The SMILES string of the molecule is CC[C@H](NC(=O)CCn1cccn1)C(=O)O. The van der Waals surface area contributed by atoms with Crippen LogP contribution in [0.3, 0.4) is 0 Å². The third-order valence-electron chi connectivity index (χ3n) is 2.17. The maximum absolute atomic E-state index is 11.4. The molecule has 0 fully saturated rings. The quantitative estimate of drug-likeness (QED) is 0.727. The molecule has 0 aliphatic rings. The Labute approximate surface area is 93.3 Å². The monoisotopic (exact) mass is 225 g/mol. The fraction of sp³-hybridized carbons (Fsp3) is 0.500. The first-order chi connectivity index (χ1) is 7.63. The second-order valence-electron chi connectivity index (χ2n) is 3.39. The average Bonchev–Trinajstić information content (AvgIpc) is 2.75. The van der Waals surface area contributed by atoms with Gasteiger partial charge in [-0.2, -0.15) is 5.10 Å². The molecule has 1 heterocycles. The Bertz CT molecular complexity index is 348. The van der Waals surface area contributed by atoms with E-state index in [2.05, 4.69) is 10.4 Å². The van der Waals surface area contributed by atoms with Crippen molar-refractivity contribution in [2.75, 3.05) is 0 Å². The van der Waals surface area contributed by atoms with E-state index in [0.717, 1.165) is 0 Å². The third-order valence-corrected chi connectivity index (χ3v) is 2.17. The van der Waals surface area contributed by atoms with Crippen molar-refractivity contribution < 1.29 is 14.7 Å². The fourth-order valence-electron chi connectivity index (χ4n) is 1.25. The van der Waals surface area contributed by atoms with E-state index in [-0.39, 0.29) is 12.3 Å². The lowest BCUT2D eigenvalue weighted by atomic mass is 10.2. The standard InChI is InChI=1S/C10H15N3O3/c1-2-8(10(15)16)12-9(14)4-7-13-6-3-5-11-13/h3,5-6,8H,2,4,7H2,1H3,(H,12,14)(H,15,16)/t8-/m0/s1. The smallest absolute Gasteiger partial charge is 0.326 e. The summed E-state index contributed by atoms with van der Waals surface area (Å²) in [4.78, 5) is 22.1. The van der Waals surface area contributed by atoms with E-state index < -0.39 is 12.0 Å². The molecule has 0 saturated carbocycles. The summed E-state index contributed by atoms with van der Waals surface area (Å²) in [6.45, 7) is 2.17. The van der Waals surface area contributed by atoms with Gasteiger partial charge >= 0.3 is 5.97 Å². The molecule has 16 heavy (non-hydrogen) atoms. The summed E-state index contributed by atoms with van der Waals surface area (Å²) in [7, 11) is 0. The minimum absolute atomic E-state index is 0.228. The van der Waals surface area contributed by atoms with E-state index in [1.54, 1.807) is 30.1 Å². The molecule has 0 bridgehead atoms. The van der Waals surface area contributed by atoms with Crippen LogP contribution < -0.4 is 5.32 Å². The topological polar surface area (TPSA) is 84.2 Å². The zero-order valence-corrected chi connectivity index (χ0v) is 9.09. The molecule has 0 aliphatic carbocycles. The van der Waals surface area contributed by atoms with Gasteiger partial charge in [0.1, 0.15) is 6.04 Å². The predicted molar refractivity (Wildman–Crippen MR) is 56.7 cm³/mol. The van der Waals surface area contributed by atoms with E-state index in [1.165, 1.54) is 0 Å². The normalized spacial score (nSPS) is 12.1. The van der Waals surface area contributed by atoms with Crippen molar-refractivity contribution in [1.82, 2.24) is 15.1 Å². The number of aliphatic carboxylic acids is 1. The van der Waals surface area contributed by atoms with Crippen LogP contribution in [0.2, 0.25) is 0 Å². The van der Waals surface area contributed by atoms with E-state index in [4.69, 9.17) is 5.11 Å². The first kappa shape index (κ1) is 12.2. The van der Waals surface area contributed by atoms with Gasteiger partial charge < -0.3 is 10.4 Å². The van der Waals surface area contributed by atoms with E-state index >= 15 is 0 Å². The summed E-state index contributed by atoms with van der Waals surface area (Å²) < 4.78 is 1.63. The summed E-state index contributed by atoms with van der Waals surface area (Å²) in [6.07, 6.45) is 3.99. The summed E-state index contributed by atoms with van der Waals surface area (Å²) in [6, 6.07) is 0.967. The van der Waals surface area contributed by atoms with Gasteiger partial charge in [0.15, 0.2) is 0 Å². The van der Waals surface area contributed by atoms with E-state index in [9.17, 15) is 9.59 Å². The maximum Gasteiger partial charge on any atom is 0.326 e. The van der Waals surface area contributed by atoms with Crippen LogP contribution in [-0.2, 0) is 16.1 Å². The number of hydrogen-bond donors (Lipinski definition) is 2. The number of carbonyl (C=O) groups excluding carboxylic acids is 1. The number of carboxylic acid groups (broad SMARTS) is 1.